The number of carbonyl (C=O) groups is 2. The Labute approximate surface area is 238 Å². The molecule has 1 fully saturated rings. The highest BCUT2D eigenvalue weighted by molar-refractivity contribution is 6.02. The predicted molar refractivity (Wildman–Crippen MR) is 156 cm³/mol. The number of nitrogens with zero attached hydrogens (tertiary/aromatic N) is 2. The Morgan fingerprint density at radius 3 is 2.56 bits per heavy atom. The number of esters is 1. The van der Waals surface area contributed by atoms with E-state index in [1.54, 1.807) is 7.11 Å². The van der Waals surface area contributed by atoms with Gasteiger partial charge in [0.1, 0.15) is 11.4 Å². The SMILES string of the molecule is COc1ccc2c(c1)C=C(c1ocnc1C(=O)O)Cn1c-2c(C2CCCCC2)c2ccc(C(=O)OC(C)(C)C)cc21. The molecule has 0 saturated heterocycles. The number of fused-ring (bicyclic) bond motifs is 5. The van der Waals surface area contributed by atoms with Gasteiger partial charge in [0, 0.05) is 22.0 Å². The van der Waals surface area contributed by atoms with Gasteiger partial charge in [0.2, 0.25) is 0 Å². The molecule has 41 heavy (non-hydrogen) atoms. The van der Waals surface area contributed by atoms with Gasteiger partial charge in [-0.3, -0.25) is 0 Å². The van der Waals surface area contributed by atoms with Crippen molar-refractivity contribution in [1.29, 1.82) is 0 Å². The monoisotopic (exact) mass is 554 g/mol. The van der Waals surface area contributed by atoms with E-state index in [0.717, 1.165) is 40.6 Å². The van der Waals surface area contributed by atoms with E-state index in [2.05, 4.69) is 15.6 Å². The zero-order valence-electron chi connectivity index (χ0n) is 23.8. The number of allylic oxidation sites excluding steroid dienone is 1. The van der Waals surface area contributed by atoms with Gasteiger partial charge >= 0.3 is 11.9 Å². The molecule has 2 aromatic carbocycles. The van der Waals surface area contributed by atoms with Crippen LogP contribution in [0.3, 0.4) is 0 Å². The summed E-state index contributed by atoms with van der Waals surface area (Å²) < 4.78 is 19.2. The molecule has 4 aromatic rings. The normalized spacial score (nSPS) is 15.6. The zero-order valence-corrected chi connectivity index (χ0v) is 23.8. The highest BCUT2D eigenvalue weighted by Crippen LogP contribution is 2.48. The maximum atomic E-state index is 13.1. The fraction of sp³-hybridized carbons (Fsp3) is 0.364. The van der Waals surface area contributed by atoms with Crippen molar-refractivity contribution in [1.82, 2.24) is 9.55 Å². The van der Waals surface area contributed by atoms with E-state index >= 15 is 0 Å². The number of carboxylic acids is 1. The van der Waals surface area contributed by atoms with Crippen molar-refractivity contribution in [2.24, 2.45) is 0 Å². The summed E-state index contributed by atoms with van der Waals surface area (Å²) in [5, 5.41) is 10.9. The topological polar surface area (TPSA) is 104 Å². The molecule has 2 aliphatic rings. The number of hydrogen-bond donors (Lipinski definition) is 1. The van der Waals surface area contributed by atoms with Crippen molar-refractivity contribution in [3.63, 3.8) is 0 Å². The molecule has 1 aliphatic heterocycles. The second-order valence-electron chi connectivity index (χ2n) is 11.9. The van der Waals surface area contributed by atoms with Crippen LogP contribution in [-0.4, -0.2) is 39.3 Å². The summed E-state index contributed by atoms with van der Waals surface area (Å²) in [6, 6.07) is 11.8. The molecule has 0 bridgehead atoms. The minimum Gasteiger partial charge on any atom is -0.497 e. The summed E-state index contributed by atoms with van der Waals surface area (Å²) in [5.74, 6) is -0.259. The Balaban J connectivity index is 1.64. The third-order valence-corrected chi connectivity index (χ3v) is 7.99. The van der Waals surface area contributed by atoms with Crippen molar-refractivity contribution in [2.75, 3.05) is 7.11 Å². The number of rotatable bonds is 5. The summed E-state index contributed by atoms with van der Waals surface area (Å²) in [7, 11) is 1.63. The molecule has 0 unspecified atom stereocenters. The second-order valence-corrected chi connectivity index (χ2v) is 11.9. The molecule has 8 heteroatoms. The minimum atomic E-state index is -1.16. The first-order valence-electron chi connectivity index (χ1n) is 14.1. The van der Waals surface area contributed by atoms with Crippen molar-refractivity contribution in [3.8, 4) is 17.0 Å². The van der Waals surface area contributed by atoms with Gasteiger partial charge in [-0.15, -0.1) is 0 Å². The van der Waals surface area contributed by atoms with Crippen molar-refractivity contribution < 1.29 is 28.6 Å². The van der Waals surface area contributed by atoms with Gasteiger partial charge in [-0.2, -0.15) is 0 Å². The molecule has 0 atom stereocenters. The maximum absolute atomic E-state index is 13.1. The quantitative estimate of drug-likeness (QED) is 0.254. The highest BCUT2D eigenvalue weighted by atomic mass is 16.6. The molecule has 1 aliphatic carbocycles. The van der Waals surface area contributed by atoms with Crippen LogP contribution in [0.15, 0.2) is 47.2 Å². The Bertz CT molecular complexity index is 1690. The van der Waals surface area contributed by atoms with E-state index in [1.165, 1.54) is 31.2 Å². The molecule has 1 saturated carbocycles. The number of carboxylic acid groups (broad SMARTS) is 1. The average Bonchev–Trinajstić information content (AvgIpc) is 3.51. The van der Waals surface area contributed by atoms with Gasteiger partial charge in [-0.05, 0) is 87.1 Å². The van der Waals surface area contributed by atoms with Crippen LogP contribution in [0, 0.1) is 0 Å². The molecule has 3 heterocycles. The molecular weight excluding hydrogens is 520 g/mol. The van der Waals surface area contributed by atoms with Gasteiger partial charge in [-0.25, -0.2) is 14.6 Å². The van der Waals surface area contributed by atoms with Gasteiger partial charge in [0.15, 0.2) is 17.8 Å². The average molecular weight is 555 g/mol. The standard InChI is InChI=1S/C33H34N2O6/c1-33(2,3)41-32(38)20-10-12-25-26(16-20)35-17-22(30-28(31(36)37)34-18-40-30)14-21-15-23(39-4)11-13-24(21)29(35)27(25)19-8-6-5-7-9-19/h10-16,18-19H,5-9,17H2,1-4H3,(H,36,37). The first-order valence-corrected chi connectivity index (χ1v) is 14.1. The zero-order chi connectivity index (χ0) is 28.9. The smallest absolute Gasteiger partial charge is 0.358 e. The van der Waals surface area contributed by atoms with Crippen LogP contribution in [0.1, 0.15) is 96.5 Å². The lowest BCUT2D eigenvalue weighted by molar-refractivity contribution is 0.00694. The van der Waals surface area contributed by atoms with Gasteiger partial charge in [0.25, 0.3) is 0 Å². The maximum Gasteiger partial charge on any atom is 0.358 e. The van der Waals surface area contributed by atoms with E-state index in [1.807, 2.05) is 57.2 Å². The van der Waals surface area contributed by atoms with Crippen LogP contribution in [0.25, 0.3) is 33.8 Å². The van der Waals surface area contributed by atoms with Crippen molar-refractivity contribution in [2.45, 2.75) is 70.9 Å². The van der Waals surface area contributed by atoms with Crippen LogP contribution in [-0.2, 0) is 11.3 Å². The van der Waals surface area contributed by atoms with E-state index in [-0.39, 0.29) is 17.4 Å². The van der Waals surface area contributed by atoms with Gasteiger partial charge in [-0.1, -0.05) is 25.3 Å². The van der Waals surface area contributed by atoms with E-state index in [9.17, 15) is 14.7 Å². The Hall–Kier alpha value is -4.33. The number of aromatic carboxylic acids is 1. The lowest BCUT2D eigenvalue weighted by Crippen LogP contribution is -2.23. The molecule has 8 nitrogen and oxygen atoms in total. The lowest BCUT2D eigenvalue weighted by Gasteiger charge is -2.24. The highest BCUT2D eigenvalue weighted by Gasteiger charge is 2.31. The molecule has 1 N–H and O–H groups in total. The molecular formula is C33H34N2O6. The predicted octanol–water partition coefficient (Wildman–Crippen LogP) is 7.56. The summed E-state index contributed by atoms with van der Waals surface area (Å²) in [4.78, 5) is 29.2. The number of benzene rings is 2. The number of ether oxygens (including phenoxy) is 2. The minimum absolute atomic E-state index is 0.137. The van der Waals surface area contributed by atoms with E-state index in [4.69, 9.17) is 13.9 Å². The van der Waals surface area contributed by atoms with Gasteiger partial charge < -0.3 is 23.6 Å². The molecule has 212 valence electrons. The Morgan fingerprint density at radius 1 is 1.07 bits per heavy atom. The van der Waals surface area contributed by atoms with Crippen LogP contribution in [0.5, 0.6) is 5.75 Å². The number of oxazole rings is 1. The van der Waals surface area contributed by atoms with Crippen LogP contribution in [0.4, 0.5) is 0 Å². The number of aromatic nitrogens is 2. The van der Waals surface area contributed by atoms with Crippen LogP contribution in [0.2, 0.25) is 0 Å². The Morgan fingerprint density at radius 2 is 1.85 bits per heavy atom. The number of hydrogen-bond acceptors (Lipinski definition) is 6. The Kier molecular flexibility index (Phi) is 6.72. The lowest BCUT2D eigenvalue weighted by atomic mass is 9.81. The first kappa shape index (κ1) is 26.9. The number of carbonyl (C=O) groups excluding carboxylic acids is 1. The van der Waals surface area contributed by atoms with Crippen molar-refractivity contribution >= 4 is 34.5 Å². The van der Waals surface area contributed by atoms with E-state index in [0.29, 0.717) is 29.3 Å². The van der Waals surface area contributed by atoms with Crippen LogP contribution < -0.4 is 4.74 Å². The molecule has 0 amide bonds. The molecule has 0 spiro atoms. The summed E-state index contributed by atoms with van der Waals surface area (Å²) in [6.45, 7) is 5.90. The van der Waals surface area contributed by atoms with Gasteiger partial charge in [0.05, 0.1) is 24.9 Å². The second kappa shape index (κ2) is 10.3. The fourth-order valence-electron chi connectivity index (χ4n) is 6.27. The molecule has 6 rings (SSSR count). The summed E-state index contributed by atoms with van der Waals surface area (Å²) in [6.07, 6.45) is 8.90. The van der Waals surface area contributed by atoms with Crippen molar-refractivity contribution in [3.05, 3.63) is 70.9 Å². The fourth-order valence-corrected chi connectivity index (χ4v) is 6.27. The van der Waals surface area contributed by atoms with Crippen LogP contribution >= 0.6 is 0 Å². The third kappa shape index (κ3) is 4.92. The first-order chi connectivity index (χ1) is 19.6. The summed E-state index contributed by atoms with van der Waals surface area (Å²) in [5.41, 5.74) is 5.55. The number of methoxy groups -OCH3 is 1. The third-order valence-electron chi connectivity index (χ3n) is 7.99. The van der Waals surface area contributed by atoms with E-state index < -0.39 is 11.6 Å². The largest absolute Gasteiger partial charge is 0.497 e. The molecule has 0 radical (unpaired) electrons. The summed E-state index contributed by atoms with van der Waals surface area (Å²) >= 11 is 0. The molecule has 2 aromatic heterocycles.